The normalized spacial score (nSPS) is 50.8. The Morgan fingerprint density at radius 2 is 2.00 bits per heavy atom. The summed E-state index contributed by atoms with van der Waals surface area (Å²) in [6, 6.07) is 4.67. The highest BCUT2D eigenvalue weighted by molar-refractivity contribution is 6.00. The number of fused-ring (bicyclic) bond motifs is 4. The van der Waals surface area contributed by atoms with E-state index in [2.05, 4.69) is 17.1 Å². The van der Waals surface area contributed by atoms with E-state index in [0.717, 1.165) is 25.7 Å². The molecule has 6 nitrogen and oxygen atoms in total. The van der Waals surface area contributed by atoms with Crippen molar-refractivity contribution in [2.45, 2.75) is 44.6 Å². The first-order chi connectivity index (χ1) is 9.56. The van der Waals surface area contributed by atoms with Crippen LogP contribution in [-0.2, 0) is 9.47 Å². The van der Waals surface area contributed by atoms with Gasteiger partial charge in [-0.3, -0.25) is 0 Å². The van der Waals surface area contributed by atoms with Crippen LogP contribution in [0.1, 0.15) is 32.6 Å². The predicted molar refractivity (Wildman–Crippen MR) is 67.8 cm³/mol. The predicted octanol–water partition coefficient (Wildman–Crippen LogP) is 1.04. The van der Waals surface area contributed by atoms with Crippen LogP contribution in [0.4, 0.5) is 0 Å². The Balaban J connectivity index is 1.96. The zero-order valence-electron chi connectivity index (χ0n) is 11.3. The minimum atomic E-state index is -1.37. The second-order valence-corrected chi connectivity index (χ2v) is 6.33. The first-order valence-corrected chi connectivity index (χ1v) is 7.06. The molecule has 2 heterocycles. The average Bonchev–Trinajstić information content (AvgIpc) is 2.83. The number of hydrogen-bond acceptors (Lipinski definition) is 6. The number of nitrogens with two attached hydrogens (primary N) is 1. The molecule has 20 heavy (non-hydrogen) atoms. The van der Waals surface area contributed by atoms with Gasteiger partial charge in [0.05, 0.1) is 24.8 Å². The van der Waals surface area contributed by atoms with Crippen LogP contribution in [0.3, 0.4) is 0 Å². The lowest BCUT2D eigenvalue weighted by Gasteiger charge is -2.29. The molecule has 2 spiro atoms. The van der Waals surface area contributed by atoms with E-state index in [4.69, 9.17) is 15.2 Å². The third kappa shape index (κ3) is 0.804. The Hall–Kier alpha value is -1.63. The highest BCUT2D eigenvalue weighted by Gasteiger charge is 3.01. The Kier molecular flexibility index (Phi) is 1.92. The van der Waals surface area contributed by atoms with Crippen LogP contribution in [0.15, 0.2) is 4.99 Å². The van der Waals surface area contributed by atoms with Crippen LogP contribution in [0.2, 0.25) is 0 Å². The lowest BCUT2D eigenvalue weighted by Crippen LogP contribution is -2.41. The van der Waals surface area contributed by atoms with Gasteiger partial charge in [-0.05, 0) is 19.8 Å². The van der Waals surface area contributed by atoms with E-state index in [0.29, 0.717) is 6.61 Å². The third-order valence-electron chi connectivity index (χ3n) is 5.73. The second kappa shape index (κ2) is 3.16. The fourth-order valence-electron chi connectivity index (χ4n) is 5.06. The van der Waals surface area contributed by atoms with E-state index in [1.165, 1.54) is 0 Å². The molecule has 0 unspecified atom stereocenters. The molecule has 0 aromatic heterocycles. The van der Waals surface area contributed by atoms with Crippen molar-refractivity contribution in [3.05, 3.63) is 0 Å². The molecule has 2 N–H and O–H groups in total. The van der Waals surface area contributed by atoms with Crippen LogP contribution in [0, 0.1) is 38.9 Å². The number of nitriles is 2. The van der Waals surface area contributed by atoms with E-state index in [1.807, 2.05) is 6.92 Å². The quantitative estimate of drug-likeness (QED) is 0.709. The molecule has 6 heteroatoms. The molecule has 104 valence electrons. The van der Waals surface area contributed by atoms with Crippen molar-refractivity contribution in [1.82, 2.24) is 0 Å². The molecule has 0 bridgehead atoms. The lowest BCUT2D eigenvalue weighted by molar-refractivity contribution is -0.200. The minimum Gasteiger partial charge on any atom is -0.386 e. The SMILES string of the molecule is C[C@@H]1CO[C@@]2(N=C(N)[C@@]3(C#N)C4(CCCC4)[C@@]23C#N)O1. The maximum absolute atomic E-state index is 9.93. The summed E-state index contributed by atoms with van der Waals surface area (Å²) in [5, 5.41) is 19.7. The summed E-state index contributed by atoms with van der Waals surface area (Å²) >= 11 is 0. The maximum atomic E-state index is 9.93. The van der Waals surface area contributed by atoms with E-state index < -0.39 is 22.2 Å². The summed E-state index contributed by atoms with van der Waals surface area (Å²) in [5.74, 6) is -1.15. The summed E-state index contributed by atoms with van der Waals surface area (Å²) < 4.78 is 11.7. The number of hydrogen-bond donors (Lipinski definition) is 1. The van der Waals surface area contributed by atoms with Crippen LogP contribution in [0.25, 0.3) is 0 Å². The molecule has 0 amide bonds. The molecule has 3 fully saturated rings. The van der Waals surface area contributed by atoms with Crippen molar-refractivity contribution in [3.8, 4) is 12.1 Å². The molecular weight excluding hydrogens is 256 g/mol. The smallest absolute Gasteiger partial charge is 0.293 e. The van der Waals surface area contributed by atoms with Crippen LogP contribution in [0.5, 0.6) is 0 Å². The summed E-state index contributed by atoms with van der Waals surface area (Å²) in [6.45, 7) is 2.25. The zero-order valence-corrected chi connectivity index (χ0v) is 11.3. The van der Waals surface area contributed by atoms with Gasteiger partial charge in [0.2, 0.25) is 0 Å². The molecule has 1 saturated heterocycles. The molecule has 0 aromatic carbocycles. The Morgan fingerprint density at radius 1 is 1.30 bits per heavy atom. The van der Waals surface area contributed by atoms with Crippen molar-refractivity contribution < 1.29 is 9.47 Å². The first-order valence-electron chi connectivity index (χ1n) is 7.06. The summed E-state index contributed by atoms with van der Waals surface area (Å²) in [6.07, 6.45) is 3.49. The standard InChI is InChI=1S/C14H16N4O2/c1-9-6-19-14(20-9)13(8-16)11(4-2-3-5-11)12(13,7-15)10(17)18-14/h9H,2-6H2,1H3,(H2,17,18)/t9-,12+,13-,14-/m1/s1. The van der Waals surface area contributed by atoms with Crippen LogP contribution >= 0.6 is 0 Å². The number of aliphatic imine (C=N–C) groups is 1. The van der Waals surface area contributed by atoms with Gasteiger partial charge < -0.3 is 15.2 Å². The van der Waals surface area contributed by atoms with E-state index >= 15 is 0 Å². The molecule has 2 aliphatic carbocycles. The molecule has 4 atom stereocenters. The van der Waals surface area contributed by atoms with Crippen molar-refractivity contribution in [1.29, 1.82) is 10.5 Å². The molecular formula is C14H16N4O2. The molecule has 4 rings (SSSR count). The molecule has 2 saturated carbocycles. The third-order valence-corrected chi connectivity index (χ3v) is 5.73. The second-order valence-electron chi connectivity index (χ2n) is 6.33. The topological polar surface area (TPSA) is 104 Å². The van der Waals surface area contributed by atoms with Gasteiger partial charge in [-0.1, -0.05) is 12.8 Å². The summed E-state index contributed by atoms with van der Waals surface area (Å²) in [4.78, 5) is 4.31. The van der Waals surface area contributed by atoms with Crippen molar-refractivity contribution >= 4 is 5.84 Å². The summed E-state index contributed by atoms with van der Waals surface area (Å²) in [5.41, 5.74) is 3.54. The highest BCUT2D eigenvalue weighted by Crippen LogP contribution is 2.89. The van der Waals surface area contributed by atoms with Gasteiger partial charge in [0.15, 0.2) is 5.41 Å². The van der Waals surface area contributed by atoms with Gasteiger partial charge in [-0.15, -0.1) is 0 Å². The Labute approximate surface area is 117 Å². The largest absolute Gasteiger partial charge is 0.386 e. The van der Waals surface area contributed by atoms with Gasteiger partial charge in [-0.25, -0.2) is 4.99 Å². The fourth-order valence-corrected chi connectivity index (χ4v) is 5.06. The zero-order chi connectivity index (χ0) is 14.2. The number of rotatable bonds is 0. The average molecular weight is 272 g/mol. The van der Waals surface area contributed by atoms with Gasteiger partial charge >= 0.3 is 0 Å². The van der Waals surface area contributed by atoms with E-state index in [9.17, 15) is 10.5 Å². The van der Waals surface area contributed by atoms with Gasteiger partial charge in [0.25, 0.3) is 5.91 Å². The minimum absolute atomic E-state index is 0.148. The Morgan fingerprint density at radius 3 is 2.50 bits per heavy atom. The van der Waals surface area contributed by atoms with E-state index in [-0.39, 0.29) is 11.9 Å². The van der Waals surface area contributed by atoms with E-state index in [1.54, 1.807) is 0 Å². The van der Waals surface area contributed by atoms with Crippen molar-refractivity contribution in [2.24, 2.45) is 27.0 Å². The van der Waals surface area contributed by atoms with Gasteiger partial charge in [0.1, 0.15) is 11.3 Å². The van der Waals surface area contributed by atoms with Gasteiger partial charge in [0, 0.05) is 5.41 Å². The molecule has 0 radical (unpaired) electrons. The number of nitrogens with zero attached hydrogens (tertiary/aromatic N) is 3. The molecule has 4 aliphatic rings. The first kappa shape index (κ1) is 12.1. The van der Waals surface area contributed by atoms with Crippen molar-refractivity contribution in [2.75, 3.05) is 6.61 Å². The fraction of sp³-hybridized carbons (Fsp3) is 0.786. The number of amidine groups is 1. The van der Waals surface area contributed by atoms with Crippen LogP contribution < -0.4 is 5.73 Å². The van der Waals surface area contributed by atoms with Gasteiger partial charge in [-0.2, -0.15) is 10.5 Å². The Bertz CT molecular complexity index is 612. The lowest BCUT2D eigenvalue weighted by atomic mass is 9.88. The molecule has 2 aliphatic heterocycles. The monoisotopic (exact) mass is 272 g/mol. The van der Waals surface area contributed by atoms with Crippen LogP contribution in [-0.4, -0.2) is 24.5 Å². The molecule has 0 aromatic rings. The highest BCUT2D eigenvalue weighted by atomic mass is 16.8. The maximum Gasteiger partial charge on any atom is 0.293 e. The van der Waals surface area contributed by atoms with Crippen molar-refractivity contribution in [3.63, 3.8) is 0 Å². The number of ether oxygens (including phenoxy) is 2. The summed E-state index contributed by atoms with van der Waals surface area (Å²) in [7, 11) is 0.